The highest BCUT2D eigenvalue weighted by atomic mass is 16.5. The maximum atomic E-state index is 12.7. The number of carboxylic acid groups (broad SMARTS) is 1. The third kappa shape index (κ3) is 5.47. The second-order valence-electron chi connectivity index (χ2n) is 8.52. The van der Waals surface area contributed by atoms with Crippen LogP contribution in [-0.2, 0) is 24.8 Å². The molecular formula is C25H26N5O6-. The van der Waals surface area contributed by atoms with Crippen molar-refractivity contribution in [2.75, 3.05) is 11.9 Å². The Hall–Kier alpha value is -4.38. The van der Waals surface area contributed by atoms with Gasteiger partial charge in [0.1, 0.15) is 18.5 Å². The standard InChI is InChI=1S/C25H27N5O6/c1-15-8-10-18(11-9-15)36-14-17(31)13-30-20-21(29(2)25(35)28-22(20)32)27-24(30)26-19(23(33)34)12-16-6-4-3-5-7-16/h3-11,17,19,31H,12-14H2,1-2H3,(H,26,27)(H,33,34)(H,28,32,35)/p-1/t17-,19+/m0/s1. The van der Waals surface area contributed by atoms with E-state index < -0.39 is 29.4 Å². The zero-order valence-electron chi connectivity index (χ0n) is 19.8. The number of benzene rings is 2. The number of aromatic nitrogens is 4. The van der Waals surface area contributed by atoms with Crippen molar-refractivity contribution in [1.29, 1.82) is 0 Å². The first-order valence-electron chi connectivity index (χ1n) is 11.3. The van der Waals surface area contributed by atoms with Gasteiger partial charge in [-0.2, -0.15) is 4.98 Å². The number of fused-ring (bicyclic) bond motifs is 1. The molecule has 0 fully saturated rings. The fourth-order valence-electron chi connectivity index (χ4n) is 3.81. The molecule has 0 aliphatic carbocycles. The fraction of sp³-hybridized carbons (Fsp3) is 0.280. The lowest BCUT2D eigenvalue weighted by Crippen LogP contribution is -2.43. The van der Waals surface area contributed by atoms with Gasteiger partial charge >= 0.3 is 5.69 Å². The van der Waals surface area contributed by atoms with Crippen molar-refractivity contribution in [1.82, 2.24) is 19.1 Å². The number of anilines is 1. The number of imidazole rings is 1. The average molecular weight is 493 g/mol. The number of aromatic amines is 1. The molecule has 11 nitrogen and oxygen atoms in total. The highest BCUT2D eigenvalue weighted by molar-refractivity contribution is 5.78. The van der Waals surface area contributed by atoms with E-state index in [4.69, 9.17) is 4.74 Å². The largest absolute Gasteiger partial charge is 0.548 e. The number of nitrogens with zero attached hydrogens (tertiary/aromatic N) is 3. The van der Waals surface area contributed by atoms with Crippen LogP contribution < -0.4 is 26.4 Å². The summed E-state index contributed by atoms with van der Waals surface area (Å²) in [7, 11) is 1.43. The predicted octanol–water partition coefficient (Wildman–Crippen LogP) is -0.0553. The van der Waals surface area contributed by atoms with Gasteiger partial charge in [-0.15, -0.1) is 0 Å². The molecule has 0 bridgehead atoms. The van der Waals surface area contributed by atoms with E-state index >= 15 is 0 Å². The highest BCUT2D eigenvalue weighted by Gasteiger charge is 2.22. The van der Waals surface area contributed by atoms with Crippen LogP contribution in [0.4, 0.5) is 5.95 Å². The number of aliphatic hydroxyl groups excluding tert-OH is 1. The van der Waals surface area contributed by atoms with Crippen molar-refractivity contribution in [3.8, 4) is 5.75 Å². The molecule has 188 valence electrons. The van der Waals surface area contributed by atoms with Gasteiger partial charge in [-0.05, 0) is 31.0 Å². The van der Waals surface area contributed by atoms with Crippen molar-refractivity contribution >= 4 is 23.1 Å². The maximum Gasteiger partial charge on any atom is 0.329 e. The van der Waals surface area contributed by atoms with Crippen molar-refractivity contribution in [3.05, 3.63) is 86.6 Å². The molecule has 2 aromatic heterocycles. The first-order chi connectivity index (χ1) is 17.2. The third-order valence-electron chi connectivity index (χ3n) is 5.73. The lowest BCUT2D eigenvalue weighted by Gasteiger charge is -2.22. The summed E-state index contributed by atoms with van der Waals surface area (Å²) in [6, 6.07) is 15.1. The summed E-state index contributed by atoms with van der Waals surface area (Å²) in [5.41, 5.74) is 0.464. The molecule has 2 atom stereocenters. The minimum atomic E-state index is -1.37. The van der Waals surface area contributed by atoms with E-state index in [9.17, 15) is 24.6 Å². The third-order valence-corrected chi connectivity index (χ3v) is 5.73. The minimum absolute atomic E-state index is 0.00350. The number of carboxylic acids is 1. The Balaban J connectivity index is 1.66. The van der Waals surface area contributed by atoms with Gasteiger partial charge in [-0.1, -0.05) is 48.0 Å². The second kappa shape index (κ2) is 10.5. The predicted molar refractivity (Wildman–Crippen MR) is 131 cm³/mol. The number of aliphatic hydroxyl groups is 1. The van der Waals surface area contributed by atoms with Crippen LogP contribution in [0.3, 0.4) is 0 Å². The van der Waals surface area contributed by atoms with Crippen LogP contribution in [0.25, 0.3) is 11.2 Å². The number of hydrogen-bond acceptors (Lipinski definition) is 8. The maximum absolute atomic E-state index is 12.7. The SMILES string of the molecule is Cc1ccc(OC[C@@H](O)Cn2c(N[C@H](Cc3ccccc3)C(=O)[O-])nc3c2c(=O)[nH]c(=O)n3C)cc1. The Labute approximate surface area is 205 Å². The molecule has 0 unspecified atom stereocenters. The summed E-state index contributed by atoms with van der Waals surface area (Å²) in [5, 5.41) is 25.4. The van der Waals surface area contributed by atoms with Gasteiger partial charge in [0.05, 0.1) is 18.6 Å². The molecule has 3 N–H and O–H groups in total. The average Bonchev–Trinajstić information content (AvgIpc) is 3.20. The van der Waals surface area contributed by atoms with E-state index in [0.29, 0.717) is 5.75 Å². The monoisotopic (exact) mass is 492 g/mol. The van der Waals surface area contributed by atoms with E-state index in [2.05, 4.69) is 15.3 Å². The zero-order chi connectivity index (χ0) is 25.8. The Kier molecular flexibility index (Phi) is 7.20. The van der Waals surface area contributed by atoms with Crippen LogP contribution in [0.5, 0.6) is 5.75 Å². The number of carbonyl (C=O) groups excluding carboxylic acids is 1. The second-order valence-corrected chi connectivity index (χ2v) is 8.52. The number of aryl methyl sites for hydroxylation is 2. The molecular weight excluding hydrogens is 466 g/mol. The molecule has 0 amide bonds. The van der Waals surface area contributed by atoms with Crippen molar-refractivity contribution in [3.63, 3.8) is 0 Å². The molecule has 0 saturated carbocycles. The molecule has 0 aliphatic rings. The zero-order valence-corrected chi connectivity index (χ0v) is 19.8. The highest BCUT2D eigenvalue weighted by Crippen LogP contribution is 2.19. The van der Waals surface area contributed by atoms with E-state index in [-0.39, 0.29) is 36.7 Å². The summed E-state index contributed by atoms with van der Waals surface area (Å²) in [6.45, 7) is 1.69. The van der Waals surface area contributed by atoms with E-state index in [1.807, 2.05) is 25.1 Å². The quantitative estimate of drug-likeness (QED) is 0.278. The molecule has 0 spiro atoms. The Bertz CT molecular complexity index is 1470. The topological polar surface area (TPSA) is 154 Å². The van der Waals surface area contributed by atoms with Gasteiger partial charge in [-0.3, -0.25) is 14.3 Å². The number of hydrogen-bond donors (Lipinski definition) is 3. The van der Waals surface area contributed by atoms with Crippen LogP contribution >= 0.6 is 0 Å². The van der Waals surface area contributed by atoms with Gasteiger partial charge in [0.25, 0.3) is 5.56 Å². The number of carbonyl (C=O) groups is 1. The van der Waals surface area contributed by atoms with Crippen molar-refractivity contribution in [2.45, 2.75) is 32.0 Å². The first kappa shape index (κ1) is 24.7. The number of ether oxygens (including phenoxy) is 1. The summed E-state index contributed by atoms with van der Waals surface area (Å²) >= 11 is 0. The summed E-state index contributed by atoms with van der Waals surface area (Å²) in [6.07, 6.45) is -1.00. The number of rotatable bonds is 10. The molecule has 4 aromatic rings. The van der Waals surface area contributed by atoms with Crippen LogP contribution in [0.2, 0.25) is 0 Å². The molecule has 0 saturated heterocycles. The Morgan fingerprint density at radius 1 is 1.17 bits per heavy atom. The molecule has 0 radical (unpaired) electrons. The van der Waals surface area contributed by atoms with E-state index in [1.165, 1.54) is 11.6 Å². The normalized spacial score (nSPS) is 12.9. The molecule has 4 rings (SSSR count). The summed E-state index contributed by atoms with van der Waals surface area (Å²) in [5.74, 6) is -0.812. The molecule has 0 aliphatic heterocycles. The molecule has 36 heavy (non-hydrogen) atoms. The van der Waals surface area contributed by atoms with Crippen molar-refractivity contribution in [2.24, 2.45) is 7.05 Å². The van der Waals surface area contributed by atoms with Crippen LogP contribution in [0.15, 0.2) is 64.2 Å². The fourth-order valence-corrected chi connectivity index (χ4v) is 3.81. The van der Waals surface area contributed by atoms with Gasteiger partial charge < -0.3 is 29.6 Å². The summed E-state index contributed by atoms with van der Waals surface area (Å²) < 4.78 is 8.13. The van der Waals surface area contributed by atoms with Gasteiger partial charge in [-0.25, -0.2) is 4.79 Å². The van der Waals surface area contributed by atoms with Crippen LogP contribution in [0.1, 0.15) is 11.1 Å². The van der Waals surface area contributed by atoms with Gasteiger partial charge in [0.15, 0.2) is 11.2 Å². The van der Waals surface area contributed by atoms with E-state index in [0.717, 1.165) is 15.7 Å². The lowest BCUT2D eigenvalue weighted by atomic mass is 10.1. The first-order valence-corrected chi connectivity index (χ1v) is 11.3. The minimum Gasteiger partial charge on any atom is -0.548 e. The van der Waals surface area contributed by atoms with Crippen molar-refractivity contribution < 1.29 is 19.7 Å². The smallest absolute Gasteiger partial charge is 0.329 e. The molecule has 11 heteroatoms. The van der Waals surface area contributed by atoms with Crippen LogP contribution in [0, 0.1) is 6.92 Å². The number of H-pyrrole nitrogens is 1. The summed E-state index contributed by atoms with van der Waals surface area (Å²) in [4.78, 5) is 43.3. The van der Waals surface area contributed by atoms with Gasteiger partial charge in [0, 0.05) is 7.05 Å². The lowest BCUT2D eigenvalue weighted by molar-refractivity contribution is -0.306. The van der Waals surface area contributed by atoms with E-state index in [1.54, 1.807) is 36.4 Å². The Morgan fingerprint density at radius 3 is 2.53 bits per heavy atom. The number of nitrogens with one attached hydrogen (secondary N) is 2. The molecule has 2 heterocycles. The van der Waals surface area contributed by atoms with Crippen LogP contribution in [-0.4, -0.2) is 48.9 Å². The number of aliphatic carboxylic acids is 1. The van der Waals surface area contributed by atoms with Gasteiger partial charge in [0.2, 0.25) is 5.95 Å². The molecule has 2 aromatic carbocycles. The Morgan fingerprint density at radius 2 is 1.86 bits per heavy atom.